The van der Waals surface area contributed by atoms with Gasteiger partial charge in [0.15, 0.2) is 0 Å². The van der Waals surface area contributed by atoms with Crippen molar-refractivity contribution in [3.63, 3.8) is 0 Å². The molecule has 28 heavy (non-hydrogen) atoms. The number of carbonyl (C=O) groups is 2. The standard InChI is InChI=1S/C23H47N3O2/c1-4-6-8-10-12-16-22(27)24-18-14-20-26(3)21-15-19-25-23(28)17-13-11-9-7-5-2/h4-21H2,1-3H3,(H,24,27)(H,25,28). The van der Waals surface area contributed by atoms with Crippen LogP contribution >= 0.6 is 0 Å². The van der Waals surface area contributed by atoms with Crippen molar-refractivity contribution in [1.82, 2.24) is 15.5 Å². The van der Waals surface area contributed by atoms with E-state index in [1.165, 1.54) is 51.4 Å². The maximum atomic E-state index is 11.8. The van der Waals surface area contributed by atoms with Crippen molar-refractivity contribution < 1.29 is 9.59 Å². The highest BCUT2D eigenvalue weighted by Crippen LogP contribution is 2.05. The monoisotopic (exact) mass is 397 g/mol. The molecular weight excluding hydrogens is 350 g/mol. The molecule has 0 aromatic carbocycles. The van der Waals surface area contributed by atoms with E-state index in [2.05, 4.69) is 36.4 Å². The number of rotatable bonds is 20. The van der Waals surface area contributed by atoms with Crippen LogP contribution in [0.4, 0.5) is 0 Å². The van der Waals surface area contributed by atoms with Gasteiger partial charge in [-0.25, -0.2) is 0 Å². The van der Waals surface area contributed by atoms with Gasteiger partial charge in [-0.15, -0.1) is 0 Å². The fourth-order valence-electron chi connectivity index (χ4n) is 3.22. The zero-order valence-electron chi connectivity index (χ0n) is 19.0. The summed E-state index contributed by atoms with van der Waals surface area (Å²) in [7, 11) is 2.10. The SMILES string of the molecule is CCCCCCCC(=O)NCCCN(C)CCCNC(=O)CCCCCCC. The van der Waals surface area contributed by atoms with Crippen LogP contribution in [0.3, 0.4) is 0 Å². The molecule has 0 spiro atoms. The van der Waals surface area contributed by atoms with Gasteiger partial charge in [0, 0.05) is 25.9 Å². The molecule has 2 N–H and O–H groups in total. The van der Waals surface area contributed by atoms with Crippen LogP contribution in [-0.2, 0) is 9.59 Å². The molecule has 0 saturated heterocycles. The van der Waals surface area contributed by atoms with Crippen LogP contribution in [-0.4, -0.2) is 49.9 Å². The van der Waals surface area contributed by atoms with Crippen LogP contribution in [0.15, 0.2) is 0 Å². The van der Waals surface area contributed by atoms with E-state index >= 15 is 0 Å². The number of hydrogen-bond acceptors (Lipinski definition) is 3. The van der Waals surface area contributed by atoms with Crippen LogP contribution in [0.2, 0.25) is 0 Å². The number of carbonyl (C=O) groups excluding carboxylic acids is 2. The predicted molar refractivity (Wildman–Crippen MR) is 120 cm³/mol. The Morgan fingerprint density at radius 2 is 1.00 bits per heavy atom. The molecule has 5 heteroatoms. The lowest BCUT2D eigenvalue weighted by atomic mass is 10.1. The Morgan fingerprint density at radius 1 is 0.607 bits per heavy atom. The van der Waals surface area contributed by atoms with Gasteiger partial charge in [-0.3, -0.25) is 9.59 Å². The summed E-state index contributed by atoms with van der Waals surface area (Å²) in [6.45, 7) is 7.87. The summed E-state index contributed by atoms with van der Waals surface area (Å²) >= 11 is 0. The lowest BCUT2D eigenvalue weighted by Crippen LogP contribution is -2.30. The van der Waals surface area contributed by atoms with E-state index in [0.717, 1.165) is 51.9 Å². The zero-order chi connectivity index (χ0) is 20.9. The maximum absolute atomic E-state index is 11.8. The Labute approximate surface area is 174 Å². The molecule has 166 valence electrons. The minimum atomic E-state index is 0.191. The average molecular weight is 398 g/mol. The summed E-state index contributed by atoms with van der Waals surface area (Å²) in [4.78, 5) is 25.8. The molecule has 0 aliphatic carbocycles. The topological polar surface area (TPSA) is 61.4 Å². The first-order valence-electron chi connectivity index (χ1n) is 11.8. The van der Waals surface area contributed by atoms with E-state index in [-0.39, 0.29) is 11.8 Å². The molecular formula is C23H47N3O2. The van der Waals surface area contributed by atoms with E-state index in [1.807, 2.05) is 0 Å². The van der Waals surface area contributed by atoms with Crippen LogP contribution in [0, 0.1) is 0 Å². The van der Waals surface area contributed by atoms with Crippen LogP contribution in [0.1, 0.15) is 104 Å². The Balaban J connectivity index is 3.42. The number of nitrogens with zero attached hydrogens (tertiary/aromatic N) is 1. The molecule has 0 bridgehead atoms. The molecule has 0 atom stereocenters. The molecule has 0 aliphatic heterocycles. The summed E-state index contributed by atoms with van der Waals surface area (Å²) in [5.41, 5.74) is 0. The predicted octanol–water partition coefficient (Wildman–Crippen LogP) is 4.65. The van der Waals surface area contributed by atoms with Gasteiger partial charge in [-0.05, 0) is 45.8 Å². The summed E-state index contributed by atoms with van der Waals surface area (Å²) in [5, 5.41) is 6.04. The Morgan fingerprint density at radius 3 is 1.39 bits per heavy atom. The van der Waals surface area contributed by atoms with Gasteiger partial charge in [-0.2, -0.15) is 0 Å². The molecule has 0 radical (unpaired) electrons. The van der Waals surface area contributed by atoms with E-state index in [4.69, 9.17) is 0 Å². The van der Waals surface area contributed by atoms with E-state index < -0.39 is 0 Å². The fourth-order valence-corrected chi connectivity index (χ4v) is 3.22. The van der Waals surface area contributed by atoms with E-state index in [1.54, 1.807) is 0 Å². The molecule has 5 nitrogen and oxygen atoms in total. The second-order valence-corrected chi connectivity index (χ2v) is 8.04. The molecule has 0 aromatic rings. The van der Waals surface area contributed by atoms with Gasteiger partial charge in [-0.1, -0.05) is 65.2 Å². The van der Waals surface area contributed by atoms with Crippen LogP contribution < -0.4 is 10.6 Å². The second-order valence-electron chi connectivity index (χ2n) is 8.04. The minimum absolute atomic E-state index is 0.191. The summed E-state index contributed by atoms with van der Waals surface area (Å²) < 4.78 is 0. The Hall–Kier alpha value is -1.10. The molecule has 0 unspecified atom stereocenters. The third-order valence-electron chi connectivity index (χ3n) is 5.09. The molecule has 0 fully saturated rings. The van der Waals surface area contributed by atoms with Crippen LogP contribution in [0.5, 0.6) is 0 Å². The van der Waals surface area contributed by atoms with Gasteiger partial charge in [0.1, 0.15) is 0 Å². The highest BCUT2D eigenvalue weighted by Gasteiger charge is 2.03. The molecule has 2 amide bonds. The smallest absolute Gasteiger partial charge is 0.219 e. The first-order chi connectivity index (χ1) is 13.6. The molecule has 0 aromatic heterocycles. The van der Waals surface area contributed by atoms with Gasteiger partial charge in [0.05, 0.1) is 0 Å². The fraction of sp³-hybridized carbons (Fsp3) is 0.913. The van der Waals surface area contributed by atoms with Gasteiger partial charge < -0.3 is 15.5 Å². The molecule has 0 heterocycles. The number of unbranched alkanes of at least 4 members (excludes halogenated alkanes) is 8. The lowest BCUT2D eigenvalue weighted by Gasteiger charge is -2.16. The first kappa shape index (κ1) is 26.9. The van der Waals surface area contributed by atoms with E-state index in [9.17, 15) is 9.59 Å². The average Bonchev–Trinajstić information content (AvgIpc) is 2.68. The Kier molecular flexibility index (Phi) is 19.8. The second kappa shape index (κ2) is 20.6. The van der Waals surface area contributed by atoms with Crippen LogP contribution in [0.25, 0.3) is 0 Å². The van der Waals surface area contributed by atoms with Crippen molar-refractivity contribution in [2.24, 2.45) is 0 Å². The molecule has 0 saturated carbocycles. The van der Waals surface area contributed by atoms with Crippen molar-refractivity contribution in [3.8, 4) is 0 Å². The highest BCUT2D eigenvalue weighted by atomic mass is 16.2. The minimum Gasteiger partial charge on any atom is -0.356 e. The van der Waals surface area contributed by atoms with Gasteiger partial charge in [0.25, 0.3) is 0 Å². The van der Waals surface area contributed by atoms with Gasteiger partial charge in [0.2, 0.25) is 11.8 Å². The third kappa shape index (κ3) is 19.7. The Bertz CT molecular complexity index is 341. The summed E-state index contributed by atoms with van der Waals surface area (Å²) in [6.07, 6.45) is 15.1. The normalized spacial score (nSPS) is 11.0. The van der Waals surface area contributed by atoms with E-state index in [0.29, 0.717) is 12.8 Å². The summed E-state index contributed by atoms with van der Waals surface area (Å²) in [5.74, 6) is 0.383. The summed E-state index contributed by atoms with van der Waals surface area (Å²) in [6, 6.07) is 0. The van der Waals surface area contributed by atoms with Crippen molar-refractivity contribution in [1.29, 1.82) is 0 Å². The highest BCUT2D eigenvalue weighted by molar-refractivity contribution is 5.76. The molecule has 0 rings (SSSR count). The first-order valence-corrected chi connectivity index (χ1v) is 11.8. The van der Waals surface area contributed by atoms with Crippen molar-refractivity contribution in [2.75, 3.05) is 33.2 Å². The zero-order valence-corrected chi connectivity index (χ0v) is 19.0. The largest absolute Gasteiger partial charge is 0.356 e. The molecule has 0 aliphatic rings. The number of nitrogens with one attached hydrogen (secondary N) is 2. The number of hydrogen-bond donors (Lipinski definition) is 2. The van der Waals surface area contributed by atoms with Crippen molar-refractivity contribution in [3.05, 3.63) is 0 Å². The quantitative estimate of drug-likeness (QED) is 0.294. The third-order valence-corrected chi connectivity index (χ3v) is 5.09. The van der Waals surface area contributed by atoms with Crippen molar-refractivity contribution >= 4 is 11.8 Å². The lowest BCUT2D eigenvalue weighted by molar-refractivity contribution is -0.122. The van der Waals surface area contributed by atoms with Gasteiger partial charge >= 0.3 is 0 Å². The van der Waals surface area contributed by atoms with Crippen molar-refractivity contribution in [2.45, 2.75) is 104 Å². The maximum Gasteiger partial charge on any atom is 0.219 e. The number of amides is 2.